The Bertz CT molecular complexity index is 486. The number of hydrogen-bond acceptors (Lipinski definition) is 1. The Kier molecular flexibility index (Phi) is 2.72. The second-order valence-corrected chi connectivity index (χ2v) is 4.47. The highest BCUT2D eigenvalue weighted by Crippen LogP contribution is 2.28. The fourth-order valence-corrected chi connectivity index (χ4v) is 2.18. The summed E-state index contributed by atoms with van der Waals surface area (Å²) < 4.78 is 0. The molecule has 1 unspecified atom stereocenters. The second kappa shape index (κ2) is 3.87. The van der Waals surface area contributed by atoms with Crippen molar-refractivity contribution in [2.45, 2.75) is 26.3 Å². The van der Waals surface area contributed by atoms with Gasteiger partial charge >= 0.3 is 0 Å². The first-order chi connectivity index (χ1) is 7.09. The van der Waals surface area contributed by atoms with Gasteiger partial charge in [0.25, 0.3) is 0 Å². The quantitative estimate of drug-likeness (QED) is 0.806. The van der Waals surface area contributed by atoms with Gasteiger partial charge in [0.15, 0.2) is 0 Å². The summed E-state index contributed by atoms with van der Waals surface area (Å²) in [6.07, 6.45) is 0.808. The van der Waals surface area contributed by atoms with Crippen LogP contribution < -0.4 is 5.73 Å². The van der Waals surface area contributed by atoms with E-state index in [0.717, 1.165) is 22.7 Å². The average Bonchev–Trinajstić information content (AvgIpc) is 2.45. The normalized spacial score (nSPS) is 13.3. The van der Waals surface area contributed by atoms with Crippen LogP contribution in [0.15, 0.2) is 18.2 Å². The molecule has 0 aliphatic rings. The third-order valence-corrected chi connectivity index (χ3v) is 2.95. The maximum atomic E-state index is 6.17. The number of nitrogens with one attached hydrogen (secondary N) is 1. The van der Waals surface area contributed by atoms with Crippen molar-refractivity contribution in [1.82, 2.24) is 4.98 Å². The van der Waals surface area contributed by atoms with Crippen LogP contribution in [0, 0.1) is 6.92 Å². The topological polar surface area (TPSA) is 41.8 Å². The minimum atomic E-state index is 0.127. The molecule has 2 rings (SSSR count). The van der Waals surface area contributed by atoms with Gasteiger partial charge in [-0.25, -0.2) is 0 Å². The molecule has 1 aromatic carbocycles. The Balaban J connectivity index is 2.63. The van der Waals surface area contributed by atoms with Crippen molar-refractivity contribution in [3.8, 4) is 0 Å². The third-order valence-electron chi connectivity index (χ3n) is 2.62. The van der Waals surface area contributed by atoms with Crippen LogP contribution in [0.1, 0.15) is 18.1 Å². The molecule has 1 atom stereocenters. The predicted molar refractivity (Wildman–Crippen MR) is 65.4 cm³/mol. The monoisotopic (exact) mass is 222 g/mol. The lowest BCUT2D eigenvalue weighted by molar-refractivity contribution is 0.741. The fraction of sp³-hybridized carbons (Fsp3) is 0.333. The van der Waals surface area contributed by atoms with Crippen LogP contribution in [0.2, 0.25) is 5.15 Å². The van der Waals surface area contributed by atoms with E-state index < -0.39 is 0 Å². The molecular weight excluding hydrogens is 208 g/mol. The highest BCUT2D eigenvalue weighted by Gasteiger charge is 2.12. The van der Waals surface area contributed by atoms with Gasteiger partial charge < -0.3 is 10.7 Å². The summed E-state index contributed by atoms with van der Waals surface area (Å²) in [5, 5.41) is 1.91. The summed E-state index contributed by atoms with van der Waals surface area (Å²) in [6.45, 7) is 4.07. The van der Waals surface area contributed by atoms with Crippen LogP contribution in [0.3, 0.4) is 0 Å². The van der Waals surface area contributed by atoms with E-state index in [9.17, 15) is 0 Å². The van der Waals surface area contributed by atoms with E-state index in [-0.39, 0.29) is 6.04 Å². The summed E-state index contributed by atoms with van der Waals surface area (Å²) in [4.78, 5) is 3.21. The van der Waals surface area contributed by atoms with Crippen LogP contribution >= 0.6 is 11.6 Å². The molecule has 1 heterocycles. The van der Waals surface area contributed by atoms with Gasteiger partial charge in [-0.2, -0.15) is 0 Å². The zero-order valence-electron chi connectivity index (χ0n) is 8.97. The van der Waals surface area contributed by atoms with E-state index in [4.69, 9.17) is 17.3 Å². The summed E-state index contributed by atoms with van der Waals surface area (Å²) in [5.41, 5.74) is 9.28. The minimum Gasteiger partial charge on any atom is -0.345 e. The number of aromatic amines is 1. The number of aryl methyl sites for hydroxylation is 1. The highest BCUT2D eigenvalue weighted by molar-refractivity contribution is 6.31. The molecule has 1 aromatic heterocycles. The highest BCUT2D eigenvalue weighted by atomic mass is 35.5. The van der Waals surface area contributed by atoms with Crippen molar-refractivity contribution in [2.75, 3.05) is 0 Å². The van der Waals surface area contributed by atoms with Crippen LogP contribution in [-0.4, -0.2) is 11.0 Å². The molecule has 3 heteroatoms. The van der Waals surface area contributed by atoms with E-state index in [1.54, 1.807) is 0 Å². The molecule has 0 saturated carbocycles. The fourth-order valence-electron chi connectivity index (χ4n) is 1.91. The molecule has 0 aliphatic heterocycles. The lowest BCUT2D eigenvalue weighted by atomic mass is 10.0. The molecule has 0 amide bonds. The van der Waals surface area contributed by atoms with E-state index in [1.165, 1.54) is 10.9 Å². The van der Waals surface area contributed by atoms with Gasteiger partial charge in [-0.1, -0.05) is 29.8 Å². The number of para-hydroxylation sites is 1. The van der Waals surface area contributed by atoms with Gasteiger partial charge in [0.1, 0.15) is 5.15 Å². The lowest BCUT2D eigenvalue weighted by Gasteiger charge is -2.04. The van der Waals surface area contributed by atoms with Crippen LogP contribution in [0.4, 0.5) is 0 Å². The first kappa shape index (κ1) is 10.5. The number of fused-ring (bicyclic) bond motifs is 1. The number of H-pyrrole nitrogens is 1. The molecule has 80 valence electrons. The lowest BCUT2D eigenvalue weighted by Crippen LogP contribution is -2.17. The number of aromatic nitrogens is 1. The summed E-state index contributed by atoms with van der Waals surface area (Å²) >= 11 is 6.17. The van der Waals surface area contributed by atoms with E-state index in [0.29, 0.717) is 0 Å². The minimum absolute atomic E-state index is 0.127. The predicted octanol–water partition coefficient (Wildman–Crippen LogP) is 3.02. The zero-order chi connectivity index (χ0) is 11.0. The van der Waals surface area contributed by atoms with Gasteiger partial charge in [-0.15, -0.1) is 0 Å². The zero-order valence-corrected chi connectivity index (χ0v) is 9.73. The first-order valence-corrected chi connectivity index (χ1v) is 5.48. The molecule has 0 fully saturated rings. The molecule has 15 heavy (non-hydrogen) atoms. The van der Waals surface area contributed by atoms with Gasteiger partial charge in [0.2, 0.25) is 0 Å². The van der Waals surface area contributed by atoms with Gasteiger partial charge in [0, 0.05) is 16.9 Å². The van der Waals surface area contributed by atoms with Gasteiger partial charge in [0.05, 0.1) is 0 Å². The molecule has 0 radical (unpaired) electrons. The van der Waals surface area contributed by atoms with Crippen molar-refractivity contribution in [1.29, 1.82) is 0 Å². The molecule has 2 nitrogen and oxygen atoms in total. The van der Waals surface area contributed by atoms with Crippen LogP contribution in [-0.2, 0) is 6.42 Å². The summed E-state index contributed by atoms with van der Waals surface area (Å²) in [6, 6.07) is 6.33. The van der Waals surface area contributed by atoms with Crippen molar-refractivity contribution in [3.05, 3.63) is 34.5 Å². The number of hydrogen-bond donors (Lipinski definition) is 2. The Hall–Kier alpha value is -0.990. The largest absolute Gasteiger partial charge is 0.345 e. The van der Waals surface area contributed by atoms with E-state index in [2.05, 4.69) is 24.0 Å². The summed E-state index contributed by atoms with van der Waals surface area (Å²) in [7, 11) is 0. The van der Waals surface area contributed by atoms with E-state index in [1.807, 2.05) is 13.0 Å². The van der Waals surface area contributed by atoms with Crippen molar-refractivity contribution >= 4 is 22.5 Å². The maximum Gasteiger partial charge on any atom is 0.110 e. The number of halogens is 1. The van der Waals surface area contributed by atoms with Crippen molar-refractivity contribution in [3.63, 3.8) is 0 Å². The Morgan fingerprint density at radius 2 is 2.20 bits per heavy atom. The maximum absolute atomic E-state index is 6.17. The molecule has 0 aliphatic carbocycles. The standard InChI is InChI=1S/C12H15ClN2/c1-7-4-3-5-9-10(6-8(2)14)12(13)15-11(7)9/h3-5,8,15H,6,14H2,1-2H3. The number of benzene rings is 1. The second-order valence-electron chi connectivity index (χ2n) is 4.10. The molecule has 2 aromatic rings. The first-order valence-electron chi connectivity index (χ1n) is 5.11. The molecule has 0 saturated heterocycles. The van der Waals surface area contributed by atoms with Crippen LogP contribution in [0.5, 0.6) is 0 Å². The average molecular weight is 223 g/mol. The van der Waals surface area contributed by atoms with Crippen LogP contribution in [0.25, 0.3) is 10.9 Å². The number of rotatable bonds is 2. The molecular formula is C12H15ClN2. The summed E-state index contributed by atoms with van der Waals surface area (Å²) in [5.74, 6) is 0. The van der Waals surface area contributed by atoms with Crippen molar-refractivity contribution < 1.29 is 0 Å². The molecule has 0 bridgehead atoms. The third kappa shape index (κ3) is 1.87. The van der Waals surface area contributed by atoms with E-state index >= 15 is 0 Å². The van der Waals surface area contributed by atoms with Gasteiger partial charge in [-0.3, -0.25) is 0 Å². The van der Waals surface area contributed by atoms with Crippen molar-refractivity contribution in [2.24, 2.45) is 5.73 Å². The Labute approximate surface area is 94.4 Å². The smallest absolute Gasteiger partial charge is 0.110 e. The Morgan fingerprint density at radius 3 is 2.87 bits per heavy atom. The Morgan fingerprint density at radius 1 is 1.47 bits per heavy atom. The van der Waals surface area contributed by atoms with Gasteiger partial charge in [-0.05, 0) is 31.4 Å². The SMILES string of the molecule is Cc1cccc2c(CC(C)N)c(Cl)[nH]c12. The molecule has 0 spiro atoms. The molecule has 3 N–H and O–H groups in total. The number of nitrogens with two attached hydrogens (primary N) is 1.